The SMILES string of the molecule is CCNC(=O)CCNCc1cc(OC)ccc1Br. The summed E-state index contributed by atoms with van der Waals surface area (Å²) in [6.45, 7) is 3.96. The van der Waals surface area contributed by atoms with Gasteiger partial charge in [-0.2, -0.15) is 0 Å². The lowest BCUT2D eigenvalue weighted by Crippen LogP contribution is -2.27. The Balaban J connectivity index is 2.37. The summed E-state index contributed by atoms with van der Waals surface area (Å²) in [5, 5.41) is 6.00. The van der Waals surface area contributed by atoms with Crippen LogP contribution in [-0.2, 0) is 11.3 Å². The Morgan fingerprint density at radius 3 is 2.89 bits per heavy atom. The first-order valence-corrected chi connectivity index (χ1v) is 6.76. The first-order chi connectivity index (χ1) is 8.67. The molecule has 1 rings (SSSR count). The minimum absolute atomic E-state index is 0.0784. The van der Waals surface area contributed by atoms with Gasteiger partial charge in [0.2, 0.25) is 5.91 Å². The molecule has 0 saturated carbocycles. The minimum atomic E-state index is 0.0784. The highest BCUT2D eigenvalue weighted by Crippen LogP contribution is 2.22. The monoisotopic (exact) mass is 314 g/mol. The third-order valence-corrected chi connectivity index (χ3v) is 3.24. The summed E-state index contributed by atoms with van der Waals surface area (Å²) in [6.07, 6.45) is 0.495. The summed E-state index contributed by atoms with van der Waals surface area (Å²) in [6, 6.07) is 5.84. The van der Waals surface area contributed by atoms with E-state index in [2.05, 4.69) is 26.6 Å². The van der Waals surface area contributed by atoms with E-state index >= 15 is 0 Å². The molecule has 2 N–H and O–H groups in total. The second-order valence-corrected chi connectivity index (χ2v) is 4.69. The van der Waals surface area contributed by atoms with E-state index in [-0.39, 0.29) is 5.91 Å². The van der Waals surface area contributed by atoms with E-state index < -0.39 is 0 Å². The molecule has 1 aromatic carbocycles. The second kappa shape index (κ2) is 8.11. The summed E-state index contributed by atoms with van der Waals surface area (Å²) in [5.74, 6) is 0.911. The van der Waals surface area contributed by atoms with E-state index in [9.17, 15) is 4.79 Å². The van der Waals surface area contributed by atoms with Gasteiger partial charge < -0.3 is 15.4 Å². The second-order valence-electron chi connectivity index (χ2n) is 3.84. The molecule has 100 valence electrons. The van der Waals surface area contributed by atoms with E-state index in [0.29, 0.717) is 26.1 Å². The fraction of sp³-hybridized carbons (Fsp3) is 0.462. The molecule has 1 amide bonds. The van der Waals surface area contributed by atoms with Gasteiger partial charge in [0, 0.05) is 30.5 Å². The highest BCUT2D eigenvalue weighted by atomic mass is 79.9. The van der Waals surface area contributed by atoms with Crippen LogP contribution in [0, 0.1) is 0 Å². The molecule has 4 nitrogen and oxygen atoms in total. The van der Waals surface area contributed by atoms with Gasteiger partial charge >= 0.3 is 0 Å². The smallest absolute Gasteiger partial charge is 0.221 e. The molecule has 0 saturated heterocycles. The number of methoxy groups -OCH3 is 1. The van der Waals surface area contributed by atoms with Gasteiger partial charge in [-0.15, -0.1) is 0 Å². The molecule has 18 heavy (non-hydrogen) atoms. The van der Waals surface area contributed by atoms with Crippen molar-refractivity contribution in [1.29, 1.82) is 0 Å². The van der Waals surface area contributed by atoms with Gasteiger partial charge in [-0.3, -0.25) is 4.79 Å². The predicted molar refractivity (Wildman–Crippen MR) is 75.7 cm³/mol. The highest BCUT2D eigenvalue weighted by molar-refractivity contribution is 9.10. The van der Waals surface area contributed by atoms with Crippen LogP contribution in [0.5, 0.6) is 5.75 Å². The lowest BCUT2D eigenvalue weighted by molar-refractivity contribution is -0.120. The number of hydrogen-bond acceptors (Lipinski definition) is 3. The summed E-state index contributed by atoms with van der Waals surface area (Å²) in [5.41, 5.74) is 1.12. The third-order valence-electron chi connectivity index (χ3n) is 2.47. The maximum atomic E-state index is 11.2. The molecule has 0 bridgehead atoms. The topological polar surface area (TPSA) is 50.4 Å². The van der Waals surface area contributed by atoms with Gasteiger partial charge in [0.1, 0.15) is 5.75 Å². The molecule has 0 unspecified atom stereocenters. The first-order valence-electron chi connectivity index (χ1n) is 5.97. The van der Waals surface area contributed by atoms with Crippen molar-refractivity contribution in [3.05, 3.63) is 28.2 Å². The van der Waals surface area contributed by atoms with Crippen molar-refractivity contribution < 1.29 is 9.53 Å². The van der Waals surface area contributed by atoms with Crippen LogP contribution in [0.4, 0.5) is 0 Å². The molecule has 0 aliphatic carbocycles. The normalized spacial score (nSPS) is 10.2. The van der Waals surface area contributed by atoms with Crippen LogP contribution in [0.25, 0.3) is 0 Å². The molecule has 0 radical (unpaired) electrons. The number of halogens is 1. The zero-order valence-electron chi connectivity index (χ0n) is 10.8. The van der Waals surface area contributed by atoms with E-state index in [1.54, 1.807) is 7.11 Å². The van der Waals surface area contributed by atoms with Crippen molar-refractivity contribution in [1.82, 2.24) is 10.6 Å². The molecule has 0 atom stereocenters. The van der Waals surface area contributed by atoms with Crippen LogP contribution >= 0.6 is 15.9 Å². The highest BCUT2D eigenvalue weighted by Gasteiger charge is 2.03. The third kappa shape index (κ3) is 5.06. The van der Waals surface area contributed by atoms with Crippen molar-refractivity contribution in [3.8, 4) is 5.75 Å². The maximum absolute atomic E-state index is 11.2. The summed E-state index contributed by atoms with van der Waals surface area (Å²) < 4.78 is 6.21. The molecular weight excluding hydrogens is 296 g/mol. The lowest BCUT2D eigenvalue weighted by atomic mass is 10.2. The van der Waals surface area contributed by atoms with Crippen LogP contribution in [0.3, 0.4) is 0 Å². The van der Waals surface area contributed by atoms with Crippen LogP contribution < -0.4 is 15.4 Å². The zero-order valence-corrected chi connectivity index (χ0v) is 12.3. The van der Waals surface area contributed by atoms with Gasteiger partial charge in [-0.05, 0) is 30.7 Å². The minimum Gasteiger partial charge on any atom is -0.497 e. The average molecular weight is 315 g/mol. The molecule has 0 aromatic heterocycles. The first kappa shape index (κ1) is 15.0. The number of amides is 1. The number of rotatable bonds is 7. The summed E-state index contributed by atoms with van der Waals surface area (Å²) >= 11 is 3.49. The number of nitrogens with one attached hydrogen (secondary N) is 2. The van der Waals surface area contributed by atoms with Crippen LogP contribution in [0.15, 0.2) is 22.7 Å². The van der Waals surface area contributed by atoms with E-state index in [0.717, 1.165) is 15.8 Å². The van der Waals surface area contributed by atoms with Crippen molar-refractivity contribution in [2.45, 2.75) is 19.9 Å². The quantitative estimate of drug-likeness (QED) is 0.758. The lowest BCUT2D eigenvalue weighted by Gasteiger charge is -2.09. The average Bonchev–Trinajstić information content (AvgIpc) is 2.37. The van der Waals surface area contributed by atoms with Gasteiger partial charge in [-0.25, -0.2) is 0 Å². The molecule has 1 aromatic rings. The Labute approximate surface area is 116 Å². The molecule has 0 heterocycles. The Bertz CT molecular complexity index is 397. The van der Waals surface area contributed by atoms with Crippen LogP contribution in [-0.4, -0.2) is 26.1 Å². The standard InChI is InChI=1S/C13H19BrN2O2/c1-3-16-13(17)6-7-15-9-10-8-11(18-2)4-5-12(10)14/h4-5,8,15H,3,6-7,9H2,1-2H3,(H,16,17). The fourth-order valence-electron chi connectivity index (χ4n) is 1.52. The molecule has 0 fully saturated rings. The Hall–Kier alpha value is -1.07. The van der Waals surface area contributed by atoms with E-state index in [4.69, 9.17) is 4.74 Å². The van der Waals surface area contributed by atoms with Crippen molar-refractivity contribution in [2.24, 2.45) is 0 Å². The number of benzene rings is 1. The van der Waals surface area contributed by atoms with Crippen molar-refractivity contribution in [3.63, 3.8) is 0 Å². The number of hydrogen-bond donors (Lipinski definition) is 2. The predicted octanol–water partition coefficient (Wildman–Crippen LogP) is 2.07. The van der Waals surface area contributed by atoms with E-state index in [1.165, 1.54) is 0 Å². The summed E-state index contributed by atoms with van der Waals surface area (Å²) in [7, 11) is 1.65. The Morgan fingerprint density at radius 2 is 2.22 bits per heavy atom. The molecule has 0 aliphatic heterocycles. The number of carbonyl (C=O) groups is 1. The Morgan fingerprint density at radius 1 is 1.44 bits per heavy atom. The Kier molecular flexibility index (Phi) is 6.75. The van der Waals surface area contributed by atoms with Gasteiger partial charge in [-0.1, -0.05) is 15.9 Å². The largest absolute Gasteiger partial charge is 0.497 e. The van der Waals surface area contributed by atoms with Crippen molar-refractivity contribution in [2.75, 3.05) is 20.2 Å². The zero-order chi connectivity index (χ0) is 13.4. The molecular formula is C13H19BrN2O2. The van der Waals surface area contributed by atoms with Crippen LogP contribution in [0.1, 0.15) is 18.9 Å². The molecule has 0 spiro atoms. The van der Waals surface area contributed by atoms with Gasteiger partial charge in [0.25, 0.3) is 0 Å². The molecule has 0 aliphatic rings. The van der Waals surface area contributed by atoms with Gasteiger partial charge in [0.15, 0.2) is 0 Å². The van der Waals surface area contributed by atoms with Crippen molar-refractivity contribution >= 4 is 21.8 Å². The number of carbonyl (C=O) groups excluding carboxylic acids is 1. The number of ether oxygens (including phenoxy) is 1. The maximum Gasteiger partial charge on any atom is 0.221 e. The molecule has 5 heteroatoms. The van der Waals surface area contributed by atoms with Crippen LogP contribution in [0.2, 0.25) is 0 Å². The summed E-state index contributed by atoms with van der Waals surface area (Å²) in [4.78, 5) is 11.2. The van der Waals surface area contributed by atoms with E-state index in [1.807, 2.05) is 25.1 Å². The van der Waals surface area contributed by atoms with Gasteiger partial charge in [0.05, 0.1) is 7.11 Å². The fourth-order valence-corrected chi connectivity index (χ4v) is 1.91.